The molecule has 1 aromatic carbocycles. The van der Waals surface area contributed by atoms with Gasteiger partial charge in [-0.1, -0.05) is 18.5 Å². The molecule has 7 nitrogen and oxygen atoms in total. The summed E-state index contributed by atoms with van der Waals surface area (Å²) in [6, 6.07) is 6.05. The van der Waals surface area contributed by atoms with Gasteiger partial charge in [-0.3, -0.25) is 19.3 Å². The van der Waals surface area contributed by atoms with E-state index in [1.54, 1.807) is 29.2 Å². The number of esters is 1. The van der Waals surface area contributed by atoms with Gasteiger partial charge >= 0.3 is 5.97 Å². The minimum Gasteiger partial charge on any atom is -0.466 e. The molecule has 1 heterocycles. The summed E-state index contributed by atoms with van der Waals surface area (Å²) in [7, 11) is 0. The third kappa shape index (κ3) is 6.03. The highest BCUT2D eigenvalue weighted by atomic mass is 35.5. The minimum absolute atomic E-state index is 0.0156. The molecule has 1 aliphatic rings. The topological polar surface area (TPSA) is 87.7 Å². The molecule has 2 N–H and O–H groups in total. The number of halogens is 1. The SMILES string of the molecule is CCCOC(=O)CC1C(=O)NCCN1CC(=O)Nc1ccc(Cl)cc1. The number of nitrogens with one attached hydrogen (secondary N) is 2. The van der Waals surface area contributed by atoms with Crippen molar-refractivity contribution in [3.63, 3.8) is 0 Å². The monoisotopic (exact) mass is 367 g/mol. The number of benzene rings is 1. The summed E-state index contributed by atoms with van der Waals surface area (Å²) in [4.78, 5) is 37.8. The fourth-order valence-corrected chi connectivity index (χ4v) is 2.65. The first-order chi connectivity index (χ1) is 12.0. The molecular formula is C17H22ClN3O4. The smallest absolute Gasteiger partial charge is 0.307 e. The molecule has 8 heteroatoms. The zero-order valence-corrected chi connectivity index (χ0v) is 14.8. The van der Waals surface area contributed by atoms with E-state index in [9.17, 15) is 14.4 Å². The Kier molecular flexibility index (Phi) is 7.21. The summed E-state index contributed by atoms with van der Waals surface area (Å²) in [5.41, 5.74) is 0.620. The molecule has 25 heavy (non-hydrogen) atoms. The molecule has 1 aromatic rings. The van der Waals surface area contributed by atoms with Crippen LogP contribution in [-0.2, 0) is 19.1 Å². The van der Waals surface area contributed by atoms with Gasteiger partial charge in [0.1, 0.15) is 6.04 Å². The second-order valence-electron chi connectivity index (χ2n) is 5.76. The average molecular weight is 368 g/mol. The molecule has 1 unspecified atom stereocenters. The van der Waals surface area contributed by atoms with Gasteiger partial charge in [0.25, 0.3) is 0 Å². The molecular weight excluding hydrogens is 346 g/mol. The molecule has 0 radical (unpaired) electrons. The molecule has 0 bridgehead atoms. The maximum Gasteiger partial charge on any atom is 0.307 e. The first-order valence-electron chi connectivity index (χ1n) is 8.22. The third-order valence-corrected chi connectivity index (χ3v) is 4.00. The highest BCUT2D eigenvalue weighted by Crippen LogP contribution is 2.14. The van der Waals surface area contributed by atoms with Crippen molar-refractivity contribution >= 4 is 35.1 Å². The van der Waals surface area contributed by atoms with Crippen LogP contribution in [0, 0.1) is 0 Å². The van der Waals surface area contributed by atoms with Gasteiger partial charge in [0.05, 0.1) is 19.6 Å². The Morgan fingerprint density at radius 1 is 1.36 bits per heavy atom. The summed E-state index contributed by atoms with van der Waals surface area (Å²) in [5, 5.41) is 6.05. The van der Waals surface area contributed by atoms with Crippen LogP contribution in [0.5, 0.6) is 0 Å². The third-order valence-electron chi connectivity index (χ3n) is 3.74. The Morgan fingerprint density at radius 3 is 2.76 bits per heavy atom. The van der Waals surface area contributed by atoms with Crippen LogP contribution in [0.1, 0.15) is 19.8 Å². The molecule has 2 rings (SSSR count). The zero-order chi connectivity index (χ0) is 18.2. The summed E-state index contributed by atoms with van der Waals surface area (Å²) >= 11 is 5.81. The van der Waals surface area contributed by atoms with Crippen LogP contribution in [0.25, 0.3) is 0 Å². The number of rotatable bonds is 7. The molecule has 1 fully saturated rings. The fraction of sp³-hybridized carbons (Fsp3) is 0.471. The molecule has 1 saturated heterocycles. The van der Waals surface area contributed by atoms with Crippen molar-refractivity contribution in [1.82, 2.24) is 10.2 Å². The Hall–Kier alpha value is -2.12. The van der Waals surface area contributed by atoms with Gasteiger partial charge in [-0.15, -0.1) is 0 Å². The Bertz CT molecular complexity index is 621. The number of amides is 2. The fourth-order valence-electron chi connectivity index (χ4n) is 2.52. The Balaban J connectivity index is 1.94. The van der Waals surface area contributed by atoms with Gasteiger partial charge in [0.2, 0.25) is 11.8 Å². The number of carbonyl (C=O) groups is 3. The first kappa shape index (κ1) is 19.2. The van der Waals surface area contributed by atoms with Crippen LogP contribution in [0.15, 0.2) is 24.3 Å². The lowest BCUT2D eigenvalue weighted by Gasteiger charge is -2.33. The van der Waals surface area contributed by atoms with Crippen molar-refractivity contribution in [2.24, 2.45) is 0 Å². The van der Waals surface area contributed by atoms with E-state index in [4.69, 9.17) is 16.3 Å². The summed E-state index contributed by atoms with van der Waals surface area (Å²) in [6.45, 7) is 3.17. The van der Waals surface area contributed by atoms with Crippen molar-refractivity contribution in [2.75, 3.05) is 31.6 Å². The lowest BCUT2D eigenvalue weighted by atomic mass is 10.1. The van der Waals surface area contributed by atoms with Gasteiger partial charge in [-0.25, -0.2) is 0 Å². The van der Waals surface area contributed by atoms with Crippen LogP contribution < -0.4 is 10.6 Å². The standard InChI is InChI=1S/C17H22ClN3O4/c1-2-9-25-16(23)10-14-17(24)19-7-8-21(14)11-15(22)20-13-5-3-12(18)4-6-13/h3-6,14H,2,7-11H2,1H3,(H,19,24)(H,20,22). The van der Waals surface area contributed by atoms with Crippen LogP contribution in [0.2, 0.25) is 5.02 Å². The van der Waals surface area contributed by atoms with Crippen LogP contribution in [-0.4, -0.2) is 55.0 Å². The molecule has 1 atom stereocenters. The first-order valence-corrected chi connectivity index (χ1v) is 8.60. The summed E-state index contributed by atoms with van der Waals surface area (Å²) < 4.78 is 5.04. The summed E-state index contributed by atoms with van der Waals surface area (Å²) in [5.74, 6) is -0.963. The quantitative estimate of drug-likeness (QED) is 0.712. The van der Waals surface area contributed by atoms with Gasteiger partial charge in [-0.2, -0.15) is 0 Å². The lowest BCUT2D eigenvalue weighted by Crippen LogP contribution is -2.57. The van der Waals surface area contributed by atoms with Crippen molar-refractivity contribution in [3.05, 3.63) is 29.3 Å². The highest BCUT2D eigenvalue weighted by molar-refractivity contribution is 6.30. The molecule has 0 saturated carbocycles. The van der Waals surface area contributed by atoms with Gasteiger partial charge in [-0.05, 0) is 30.7 Å². The normalized spacial score (nSPS) is 17.7. The van der Waals surface area contributed by atoms with E-state index in [0.717, 1.165) is 6.42 Å². The van der Waals surface area contributed by atoms with E-state index >= 15 is 0 Å². The van der Waals surface area contributed by atoms with Crippen molar-refractivity contribution in [1.29, 1.82) is 0 Å². The average Bonchev–Trinajstić information content (AvgIpc) is 2.58. The van der Waals surface area contributed by atoms with E-state index in [1.165, 1.54) is 0 Å². The lowest BCUT2D eigenvalue weighted by molar-refractivity contribution is -0.148. The number of nitrogens with zero attached hydrogens (tertiary/aromatic N) is 1. The number of ether oxygens (including phenoxy) is 1. The van der Waals surface area contributed by atoms with Crippen molar-refractivity contribution in [2.45, 2.75) is 25.8 Å². The van der Waals surface area contributed by atoms with E-state index < -0.39 is 12.0 Å². The Morgan fingerprint density at radius 2 is 2.08 bits per heavy atom. The van der Waals surface area contributed by atoms with Crippen LogP contribution in [0.4, 0.5) is 5.69 Å². The maximum absolute atomic E-state index is 12.2. The van der Waals surface area contributed by atoms with Gasteiger partial charge in [0, 0.05) is 23.8 Å². The zero-order valence-electron chi connectivity index (χ0n) is 14.1. The second kappa shape index (κ2) is 9.39. The van der Waals surface area contributed by atoms with Crippen LogP contribution in [0.3, 0.4) is 0 Å². The van der Waals surface area contributed by atoms with Crippen molar-refractivity contribution in [3.8, 4) is 0 Å². The van der Waals surface area contributed by atoms with Crippen LogP contribution >= 0.6 is 11.6 Å². The second-order valence-corrected chi connectivity index (χ2v) is 6.19. The minimum atomic E-state index is -0.700. The molecule has 136 valence electrons. The van der Waals surface area contributed by atoms with E-state index in [0.29, 0.717) is 30.4 Å². The molecule has 0 aliphatic carbocycles. The highest BCUT2D eigenvalue weighted by Gasteiger charge is 2.33. The van der Waals surface area contributed by atoms with E-state index in [2.05, 4.69) is 10.6 Å². The molecule has 0 spiro atoms. The largest absolute Gasteiger partial charge is 0.466 e. The van der Waals surface area contributed by atoms with Crippen molar-refractivity contribution < 1.29 is 19.1 Å². The molecule has 1 aliphatic heterocycles. The number of hydrogen-bond acceptors (Lipinski definition) is 5. The number of anilines is 1. The van der Waals surface area contributed by atoms with Gasteiger partial charge < -0.3 is 15.4 Å². The van der Waals surface area contributed by atoms with E-state index in [-0.39, 0.29) is 24.8 Å². The predicted octanol–water partition coefficient (Wildman–Crippen LogP) is 1.42. The van der Waals surface area contributed by atoms with Gasteiger partial charge in [0.15, 0.2) is 0 Å². The number of carbonyl (C=O) groups excluding carboxylic acids is 3. The van der Waals surface area contributed by atoms with E-state index in [1.807, 2.05) is 6.92 Å². The maximum atomic E-state index is 12.2. The predicted molar refractivity (Wildman–Crippen MR) is 94.3 cm³/mol. The summed E-state index contributed by atoms with van der Waals surface area (Å²) in [6.07, 6.45) is 0.649. The number of piperazine rings is 1. The molecule has 2 amide bonds. The Labute approximate surface area is 151 Å². The molecule has 0 aromatic heterocycles. The number of hydrogen-bond donors (Lipinski definition) is 2.